The lowest BCUT2D eigenvalue weighted by atomic mass is 10.1. The molecule has 0 heterocycles. The maximum atomic E-state index is 11.9. The van der Waals surface area contributed by atoms with E-state index in [2.05, 4.69) is 10.6 Å². The molecule has 110 valence electrons. The zero-order chi connectivity index (χ0) is 15.0. The quantitative estimate of drug-likeness (QED) is 0.473. The number of benzene rings is 1. The first-order valence-electron chi connectivity index (χ1n) is 6.05. The molecule has 0 radical (unpaired) electrons. The minimum Gasteiger partial charge on any atom is -0.497 e. The molecule has 0 bridgehead atoms. The van der Waals surface area contributed by atoms with Crippen molar-refractivity contribution in [2.24, 2.45) is 0 Å². The van der Waals surface area contributed by atoms with E-state index in [0.29, 0.717) is 30.2 Å². The number of nitrogens with one attached hydrogen (secondary N) is 2. The molecule has 0 atom stereocenters. The largest absolute Gasteiger partial charge is 0.497 e. The Morgan fingerprint density at radius 2 is 2.00 bits per heavy atom. The van der Waals surface area contributed by atoms with Crippen LogP contribution in [0.3, 0.4) is 0 Å². The van der Waals surface area contributed by atoms with Gasteiger partial charge in [0.2, 0.25) is 5.91 Å². The highest BCUT2D eigenvalue weighted by Gasteiger charge is 2.11. The van der Waals surface area contributed by atoms with Crippen LogP contribution < -0.4 is 21.1 Å². The van der Waals surface area contributed by atoms with Crippen LogP contribution in [0.25, 0.3) is 0 Å². The standard InChI is InChI=1S/C13H19N3O4/c1-19-6-5-15-12(17)8-16-13(18)10-4-3-9(20-2)7-11(10)14/h3-4,7H,5-6,8,14H2,1-2H3,(H,15,17)(H,16,18). The number of amides is 2. The number of hydrogen-bond acceptors (Lipinski definition) is 5. The van der Waals surface area contributed by atoms with Crippen molar-refractivity contribution in [2.45, 2.75) is 0 Å². The van der Waals surface area contributed by atoms with E-state index in [4.69, 9.17) is 15.2 Å². The van der Waals surface area contributed by atoms with Gasteiger partial charge >= 0.3 is 0 Å². The molecule has 4 N–H and O–H groups in total. The Morgan fingerprint density at radius 1 is 1.25 bits per heavy atom. The first kappa shape index (κ1) is 15.8. The molecule has 0 aliphatic carbocycles. The first-order valence-corrected chi connectivity index (χ1v) is 6.05. The van der Waals surface area contributed by atoms with Crippen molar-refractivity contribution < 1.29 is 19.1 Å². The smallest absolute Gasteiger partial charge is 0.253 e. The Balaban J connectivity index is 2.48. The van der Waals surface area contributed by atoms with Gasteiger partial charge in [-0.05, 0) is 12.1 Å². The summed E-state index contributed by atoms with van der Waals surface area (Å²) in [5, 5.41) is 5.08. The van der Waals surface area contributed by atoms with Crippen molar-refractivity contribution in [2.75, 3.05) is 39.6 Å². The third-order valence-corrected chi connectivity index (χ3v) is 2.54. The van der Waals surface area contributed by atoms with Gasteiger partial charge < -0.3 is 25.8 Å². The van der Waals surface area contributed by atoms with E-state index in [0.717, 1.165) is 0 Å². The van der Waals surface area contributed by atoms with Gasteiger partial charge in [0.15, 0.2) is 0 Å². The zero-order valence-electron chi connectivity index (χ0n) is 11.6. The number of carbonyl (C=O) groups is 2. The molecule has 1 rings (SSSR count). The van der Waals surface area contributed by atoms with E-state index in [9.17, 15) is 9.59 Å². The predicted molar refractivity (Wildman–Crippen MR) is 74.6 cm³/mol. The summed E-state index contributed by atoms with van der Waals surface area (Å²) in [4.78, 5) is 23.3. The summed E-state index contributed by atoms with van der Waals surface area (Å²) in [6.45, 7) is 0.703. The van der Waals surface area contributed by atoms with Gasteiger partial charge in [0.25, 0.3) is 5.91 Å². The van der Waals surface area contributed by atoms with Crippen molar-refractivity contribution in [3.8, 4) is 5.75 Å². The molecule has 0 fully saturated rings. The van der Waals surface area contributed by atoms with Gasteiger partial charge in [-0.15, -0.1) is 0 Å². The lowest BCUT2D eigenvalue weighted by Gasteiger charge is -2.09. The molecular weight excluding hydrogens is 262 g/mol. The number of rotatable bonds is 7. The maximum absolute atomic E-state index is 11.9. The molecule has 0 unspecified atom stereocenters. The summed E-state index contributed by atoms with van der Waals surface area (Å²) < 4.78 is 9.79. The zero-order valence-corrected chi connectivity index (χ0v) is 11.6. The lowest BCUT2D eigenvalue weighted by molar-refractivity contribution is -0.120. The van der Waals surface area contributed by atoms with Crippen molar-refractivity contribution in [3.05, 3.63) is 23.8 Å². The normalized spacial score (nSPS) is 9.90. The summed E-state index contributed by atoms with van der Waals surface area (Å²) in [5.41, 5.74) is 6.34. The monoisotopic (exact) mass is 281 g/mol. The van der Waals surface area contributed by atoms with Gasteiger partial charge in [0.05, 0.1) is 25.8 Å². The van der Waals surface area contributed by atoms with E-state index in [1.807, 2.05) is 0 Å². The molecule has 0 saturated carbocycles. The molecule has 1 aromatic carbocycles. The Bertz CT molecular complexity index is 477. The van der Waals surface area contributed by atoms with Crippen LogP contribution >= 0.6 is 0 Å². The molecule has 20 heavy (non-hydrogen) atoms. The second-order valence-electron chi connectivity index (χ2n) is 3.98. The van der Waals surface area contributed by atoms with Crippen molar-refractivity contribution in [1.82, 2.24) is 10.6 Å². The number of hydrogen-bond donors (Lipinski definition) is 3. The van der Waals surface area contributed by atoms with Gasteiger partial charge in [0, 0.05) is 25.4 Å². The van der Waals surface area contributed by atoms with Crippen LogP contribution in [-0.2, 0) is 9.53 Å². The number of methoxy groups -OCH3 is 2. The topological polar surface area (TPSA) is 103 Å². The van der Waals surface area contributed by atoms with Crippen molar-refractivity contribution in [1.29, 1.82) is 0 Å². The van der Waals surface area contributed by atoms with Crippen LogP contribution in [-0.4, -0.2) is 45.7 Å². The average Bonchev–Trinajstić information content (AvgIpc) is 2.44. The molecule has 0 spiro atoms. The predicted octanol–water partition coefficient (Wildman–Crippen LogP) is -0.230. The van der Waals surface area contributed by atoms with Gasteiger partial charge in [-0.2, -0.15) is 0 Å². The fraction of sp³-hybridized carbons (Fsp3) is 0.385. The minimum atomic E-state index is -0.410. The van der Waals surface area contributed by atoms with Crippen LogP contribution in [0.15, 0.2) is 18.2 Å². The van der Waals surface area contributed by atoms with E-state index in [-0.39, 0.29) is 12.5 Å². The molecule has 1 aromatic rings. The van der Waals surface area contributed by atoms with E-state index < -0.39 is 5.91 Å². The average molecular weight is 281 g/mol. The van der Waals surface area contributed by atoms with E-state index in [1.165, 1.54) is 7.11 Å². The van der Waals surface area contributed by atoms with Gasteiger partial charge in [-0.3, -0.25) is 9.59 Å². The summed E-state index contributed by atoms with van der Waals surface area (Å²) >= 11 is 0. The van der Waals surface area contributed by atoms with Crippen molar-refractivity contribution in [3.63, 3.8) is 0 Å². The SMILES string of the molecule is COCCNC(=O)CNC(=O)c1ccc(OC)cc1N. The van der Waals surface area contributed by atoms with Crippen LogP contribution in [0.2, 0.25) is 0 Å². The maximum Gasteiger partial charge on any atom is 0.253 e. The number of nitrogens with two attached hydrogens (primary N) is 1. The Morgan fingerprint density at radius 3 is 2.60 bits per heavy atom. The van der Waals surface area contributed by atoms with E-state index in [1.54, 1.807) is 25.3 Å². The molecule has 0 aromatic heterocycles. The summed E-state index contributed by atoms with van der Waals surface area (Å²) in [5.74, 6) is -0.133. The molecule has 7 heteroatoms. The summed E-state index contributed by atoms with van der Waals surface area (Å²) in [6.07, 6.45) is 0. The number of anilines is 1. The molecular formula is C13H19N3O4. The molecule has 2 amide bonds. The summed E-state index contributed by atoms with van der Waals surface area (Å²) in [6, 6.07) is 4.73. The lowest BCUT2D eigenvalue weighted by Crippen LogP contribution is -2.38. The highest BCUT2D eigenvalue weighted by Crippen LogP contribution is 2.19. The fourth-order valence-corrected chi connectivity index (χ4v) is 1.49. The highest BCUT2D eigenvalue weighted by molar-refractivity contribution is 6.00. The summed E-state index contributed by atoms with van der Waals surface area (Å²) in [7, 11) is 3.05. The first-order chi connectivity index (χ1) is 9.58. The second kappa shape index (κ2) is 8.00. The Hall–Kier alpha value is -2.28. The Kier molecular flexibility index (Phi) is 6.31. The molecule has 0 saturated heterocycles. The second-order valence-corrected chi connectivity index (χ2v) is 3.98. The Labute approximate surface area is 117 Å². The minimum absolute atomic E-state index is 0.117. The molecule has 0 aliphatic rings. The fourth-order valence-electron chi connectivity index (χ4n) is 1.49. The molecule has 7 nitrogen and oxygen atoms in total. The third-order valence-electron chi connectivity index (χ3n) is 2.54. The van der Waals surface area contributed by atoms with E-state index >= 15 is 0 Å². The van der Waals surface area contributed by atoms with Crippen LogP contribution in [0.1, 0.15) is 10.4 Å². The highest BCUT2D eigenvalue weighted by atomic mass is 16.5. The van der Waals surface area contributed by atoms with Gasteiger partial charge in [-0.25, -0.2) is 0 Å². The van der Waals surface area contributed by atoms with Crippen LogP contribution in [0, 0.1) is 0 Å². The van der Waals surface area contributed by atoms with Crippen LogP contribution in [0.5, 0.6) is 5.75 Å². The van der Waals surface area contributed by atoms with Gasteiger partial charge in [-0.1, -0.05) is 0 Å². The third kappa shape index (κ3) is 4.77. The number of carbonyl (C=O) groups excluding carboxylic acids is 2. The number of nitrogen functional groups attached to an aromatic ring is 1. The van der Waals surface area contributed by atoms with Crippen LogP contribution in [0.4, 0.5) is 5.69 Å². The van der Waals surface area contributed by atoms with Crippen molar-refractivity contribution >= 4 is 17.5 Å². The van der Waals surface area contributed by atoms with Gasteiger partial charge in [0.1, 0.15) is 5.75 Å². The number of ether oxygens (including phenoxy) is 2. The molecule has 0 aliphatic heterocycles.